The van der Waals surface area contributed by atoms with E-state index in [9.17, 15) is 23.6 Å². The molecule has 0 spiro atoms. The molecule has 1 fully saturated rings. The summed E-state index contributed by atoms with van der Waals surface area (Å²) in [5, 5.41) is 22.8. The Morgan fingerprint density at radius 3 is 1.58 bits per heavy atom. The molecular weight excluding hydrogens is 598 g/mol. The molecule has 1 aliphatic rings. The third-order valence-electron chi connectivity index (χ3n) is 7.40. The van der Waals surface area contributed by atoms with Gasteiger partial charge in [0.2, 0.25) is 0 Å². The van der Waals surface area contributed by atoms with Crippen molar-refractivity contribution in [3.63, 3.8) is 0 Å². The average molecular weight is 632 g/mol. The lowest BCUT2D eigenvalue weighted by Gasteiger charge is -2.45. The zero-order valence-electron chi connectivity index (χ0n) is 24.3. The molecule has 0 aliphatic heterocycles. The van der Waals surface area contributed by atoms with Gasteiger partial charge in [-0.3, -0.25) is 14.3 Å². The molecule has 4 aromatic rings. The molecule has 234 valence electrons. The summed E-state index contributed by atoms with van der Waals surface area (Å²) in [5.74, 6) is 0. The molecule has 10 nitrogen and oxygen atoms in total. The number of nitro benzene ring substituents is 1. The number of nitro groups is 1. The largest absolute Gasteiger partial charge is 0.387 e. The van der Waals surface area contributed by atoms with E-state index in [4.69, 9.17) is 18.4 Å². The molecule has 5 rings (SSSR count). The number of rotatable bonds is 13. The van der Waals surface area contributed by atoms with Crippen LogP contribution in [0.3, 0.4) is 0 Å². The molecule has 0 unspecified atom stereocenters. The second-order valence-electron chi connectivity index (χ2n) is 10.5. The van der Waals surface area contributed by atoms with Crippen molar-refractivity contribution in [3.8, 4) is 0 Å². The predicted octanol–water partition coefficient (Wildman–Crippen LogP) is 5.36. The number of hydrogen-bond donors (Lipinski definition) is 1. The highest BCUT2D eigenvalue weighted by molar-refractivity contribution is 7.86. The van der Waals surface area contributed by atoms with Crippen LogP contribution in [-0.4, -0.2) is 49.0 Å². The quantitative estimate of drug-likeness (QED) is 0.0896. The fourth-order valence-electron chi connectivity index (χ4n) is 5.06. The molecule has 1 saturated carbocycles. The van der Waals surface area contributed by atoms with Crippen LogP contribution < -0.4 is 0 Å². The SMILES string of the molecule is C=C1[C@@H](OCc2ccccc2)[C@H](OS(=O)(=O)c2ccc([N+](=O)[O-])cc2)[C@H](OCc2ccccc2)[C@H](O)[C@H]1OCc1ccccc1. The van der Waals surface area contributed by atoms with Gasteiger partial charge in [0.05, 0.1) is 29.6 Å². The first-order valence-corrected chi connectivity index (χ1v) is 15.6. The Hall–Kier alpha value is -4.23. The van der Waals surface area contributed by atoms with Gasteiger partial charge in [0, 0.05) is 12.1 Å². The lowest BCUT2D eigenvalue weighted by molar-refractivity contribution is -0.384. The molecule has 5 atom stereocenters. The summed E-state index contributed by atoms with van der Waals surface area (Å²) in [6.45, 7) is 4.43. The molecule has 0 heterocycles. The van der Waals surface area contributed by atoms with Crippen molar-refractivity contribution >= 4 is 15.8 Å². The molecule has 0 bridgehead atoms. The van der Waals surface area contributed by atoms with Gasteiger partial charge in [-0.15, -0.1) is 0 Å². The zero-order valence-corrected chi connectivity index (χ0v) is 25.1. The molecule has 0 saturated heterocycles. The Bertz CT molecular complexity index is 1670. The second kappa shape index (κ2) is 14.7. The Kier molecular flexibility index (Phi) is 10.5. The summed E-state index contributed by atoms with van der Waals surface area (Å²) in [7, 11) is -4.53. The van der Waals surface area contributed by atoms with Crippen LogP contribution in [0.1, 0.15) is 16.7 Å². The minimum Gasteiger partial charge on any atom is -0.387 e. The van der Waals surface area contributed by atoms with Crippen molar-refractivity contribution in [3.05, 3.63) is 154 Å². The normalized spacial score (nSPS) is 21.8. The number of benzene rings is 4. The molecule has 0 amide bonds. The summed E-state index contributed by atoms with van der Waals surface area (Å²) >= 11 is 0. The predicted molar refractivity (Wildman–Crippen MR) is 165 cm³/mol. The molecule has 1 N–H and O–H groups in total. The Labute approximate surface area is 261 Å². The smallest absolute Gasteiger partial charge is 0.297 e. The van der Waals surface area contributed by atoms with Crippen molar-refractivity contribution < 1.29 is 36.8 Å². The summed E-state index contributed by atoms with van der Waals surface area (Å²) in [5.41, 5.74) is 2.46. The Morgan fingerprint density at radius 2 is 1.11 bits per heavy atom. The van der Waals surface area contributed by atoms with Gasteiger partial charge in [-0.2, -0.15) is 8.42 Å². The van der Waals surface area contributed by atoms with E-state index in [-0.39, 0.29) is 36.0 Å². The van der Waals surface area contributed by atoms with Gasteiger partial charge in [-0.25, -0.2) is 0 Å². The van der Waals surface area contributed by atoms with E-state index in [1.807, 2.05) is 91.0 Å². The van der Waals surface area contributed by atoms with Gasteiger partial charge in [0.15, 0.2) is 0 Å². The maximum Gasteiger partial charge on any atom is 0.297 e. The van der Waals surface area contributed by atoms with E-state index < -0.39 is 45.6 Å². The van der Waals surface area contributed by atoms with E-state index in [2.05, 4.69) is 6.58 Å². The van der Waals surface area contributed by atoms with Gasteiger partial charge < -0.3 is 19.3 Å². The number of hydrogen-bond acceptors (Lipinski definition) is 9. The van der Waals surface area contributed by atoms with Crippen LogP contribution in [0.25, 0.3) is 0 Å². The van der Waals surface area contributed by atoms with Crippen molar-refractivity contribution in [2.75, 3.05) is 0 Å². The Balaban J connectivity index is 1.49. The van der Waals surface area contributed by atoms with Crippen molar-refractivity contribution in [1.29, 1.82) is 0 Å². The van der Waals surface area contributed by atoms with Crippen molar-refractivity contribution in [2.24, 2.45) is 0 Å². The number of non-ortho nitro benzene ring substituents is 1. The van der Waals surface area contributed by atoms with Gasteiger partial charge in [-0.1, -0.05) is 97.6 Å². The minimum atomic E-state index is -4.53. The first-order valence-electron chi connectivity index (χ1n) is 14.2. The van der Waals surface area contributed by atoms with E-state index in [1.54, 1.807) is 0 Å². The molecule has 0 radical (unpaired) electrons. The zero-order chi connectivity index (χ0) is 31.8. The summed E-state index contributed by atoms with van der Waals surface area (Å²) in [4.78, 5) is 10.2. The average Bonchev–Trinajstić information content (AvgIpc) is 3.05. The topological polar surface area (TPSA) is 134 Å². The Morgan fingerprint density at radius 1 is 0.667 bits per heavy atom. The highest BCUT2D eigenvalue weighted by Gasteiger charge is 2.51. The second-order valence-corrected chi connectivity index (χ2v) is 12.1. The molecule has 1 aliphatic carbocycles. The molecule has 11 heteroatoms. The lowest BCUT2D eigenvalue weighted by Crippen LogP contribution is -2.60. The lowest BCUT2D eigenvalue weighted by atomic mass is 9.83. The number of aliphatic hydroxyl groups is 1. The van der Waals surface area contributed by atoms with Gasteiger partial charge in [0.25, 0.3) is 15.8 Å². The third-order valence-corrected chi connectivity index (χ3v) is 8.73. The van der Waals surface area contributed by atoms with Crippen LogP contribution in [0, 0.1) is 10.1 Å². The van der Waals surface area contributed by atoms with Gasteiger partial charge >= 0.3 is 0 Å². The van der Waals surface area contributed by atoms with Crippen LogP contribution in [0.4, 0.5) is 5.69 Å². The van der Waals surface area contributed by atoms with Gasteiger partial charge in [-0.05, 0) is 34.4 Å². The summed E-state index contributed by atoms with van der Waals surface area (Å²) < 4.78 is 51.6. The molecule has 45 heavy (non-hydrogen) atoms. The van der Waals surface area contributed by atoms with E-state index in [0.717, 1.165) is 41.0 Å². The van der Waals surface area contributed by atoms with E-state index in [0.29, 0.717) is 0 Å². The third kappa shape index (κ3) is 8.08. The number of ether oxygens (including phenoxy) is 3. The van der Waals surface area contributed by atoms with E-state index >= 15 is 0 Å². The molecular formula is C34H33NO9S. The molecule has 4 aromatic carbocycles. The van der Waals surface area contributed by atoms with Crippen molar-refractivity contribution in [1.82, 2.24) is 0 Å². The minimum absolute atomic E-state index is 0.0310. The van der Waals surface area contributed by atoms with E-state index in [1.165, 1.54) is 0 Å². The maximum absolute atomic E-state index is 13.6. The standard InChI is InChI=1S/C34H33NO9S/c1-24-31(41-21-25-11-5-2-6-12-25)30(36)33(43-23-27-15-9-4-10-16-27)34(32(24)42-22-26-13-7-3-8-14-26)44-45(39,40)29-19-17-28(18-20-29)35(37)38/h2-20,30-34,36H,1,21-23H2/t30-,31+,32-,33-,34+/m1/s1. The highest BCUT2D eigenvalue weighted by Crippen LogP contribution is 2.36. The van der Waals surface area contributed by atoms with Crippen LogP contribution in [-0.2, 0) is 48.3 Å². The first-order chi connectivity index (χ1) is 21.7. The number of aliphatic hydroxyl groups excluding tert-OH is 1. The number of nitrogens with zero attached hydrogens (tertiary/aromatic N) is 1. The maximum atomic E-state index is 13.6. The van der Waals surface area contributed by atoms with Crippen LogP contribution in [0.2, 0.25) is 0 Å². The van der Waals surface area contributed by atoms with Gasteiger partial charge in [0.1, 0.15) is 30.5 Å². The van der Waals surface area contributed by atoms with Crippen LogP contribution in [0.15, 0.2) is 132 Å². The highest BCUT2D eigenvalue weighted by atomic mass is 32.2. The first kappa shape index (κ1) is 32.2. The van der Waals surface area contributed by atoms with Crippen LogP contribution in [0.5, 0.6) is 0 Å². The fraction of sp³-hybridized carbons (Fsp3) is 0.235. The fourth-order valence-corrected chi connectivity index (χ4v) is 6.14. The monoisotopic (exact) mass is 631 g/mol. The summed E-state index contributed by atoms with van der Waals surface area (Å²) in [6.07, 6.45) is -6.11. The van der Waals surface area contributed by atoms with Crippen LogP contribution >= 0.6 is 0 Å². The molecule has 0 aromatic heterocycles. The summed E-state index contributed by atoms with van der Waals surface area (Å²) in [6, 6.07) is 32.2. The van der Waals surface area contributed by atoms with Crippen molar-refractivity contribution in [2.45, 2.75) is 55.2 Å².